The summed E-state index contributed by atoms with van der Waals surface area (Å²) in [6.07, 6.45) is 6.22. The highest BCUT2D eigenvalue weighted by atomic mass is 16.5. The summed E-state index contributed by atoms with van der Waals surface area (Å²) in [5, 5.41) is 10.7. The van der Waals surface area contributed by atoms with Crippen molar-refractivity contribution in [3.63, 3.8) is 0 Å². The van der Waals surface area contributed by atoms with Crippen molar-refractivity contribution in [1.82, 2.24) is 0 Å². The molecule has 158 valence electrons. The summed E-state index contributed by atoms with van der Waals surface area (Å²) in [5.74, 6) is 1.94. The van der Waals surface area contributed by atoms with Gasteiger partial charge in [-0.15, -0.1) is 0 Å². The smallest absolute Gasteiger partial charge is 0.170 e. The number of ether oxygens (including phenoxy) is 2. The van der Waals surface area contributed by atoms with Gasteiger partial charge in [-0.1, -0.05) is 50.3 Å². The van der Waals surface area contributed by atoms with Crippen molar-refractivity contribution in [3.8, 4) is 17.2 Å². The number of carbonyl (C=O) groups excluding carboxylic acids is 1. The van der Waals surface area contributed by atoms with Gasteiger partial charge < -0.3 is 14.6 Å². The lowest BCUT2D eigenvalue weighted by Crippen LogP contribution is -2.36. The lowest BCUT2D eigenvalue weighted by molar-refractivity contribution is 0.0958. The average Bonchev–Trinajstić information content (AvgIpc) is 3.03. The maximum Gasteiger partial charge on any atom is 0.170 e. The van der Waals surface area contributed by atoms with Gasteiger partial charge in [0.05, 0.1) is 7.11 Å². The molecule has 0 saturated heterocycles. The second kappa shape index (κ2) is 7.82. The average molecular weight is 407 g/mol. The number of ketones is 1. The van der Waals surface area contributed by atoms with Gasteiger partial charge >= 0.3 is 0 Å². The zero-order chi connectivity index (χ0) is 21.5. The van der Waals surface area contributed by atoms with Crippen molar-refractivity contribution in [3.05, 3.63) is 65.2 Å². The van der Waals surface area contributed by atoms with Gasteiger partial charge in [-0.05, 0) is 43.2 Å². The molecule has 0 aromatic heterocycles. The number of carbonyl (C=O) groups is 1. The van der Waals surface area contributed by atoms with E-state index < -0.39 is 5.60 Å². The first-order chi connectivity index (χ1) is 14.3. The maximum absolute atomic E-state index is 13.2. The Morgan fingerprint density at radius 1 is 1.30 bits per heavy atom. The van der Waals surface area contributed by atoms with Gasteiger partial charge in [-0.3, -0.25) is 4.79 Å². The van der Waals surface area contributed by atoms with Crippen LogP contribution in [0.2, 0.25) is 0 Å². The molecule has 2 aromatic carbocycles. The minimum absolute atomic E-state index is 0.0738. The number of hydrogen-bond donors (Lipinski definition) is 1. The molecule has 1 aliphatic carbocycles. The highest BCUT2D eigenvalue weighted by molar-refractivity contribution is 6.02. The normalized spacial score (nSPS) is 24.3. The lowest BCUT2D eigenvalue weighted by Gasteiger charge is -2.35. The van der Waals surface area contributed by atoms with Crippen LogP contribution in [0.1, 0.15) is 61.0 Å². The van der Waals surface area contributed by atoms with E-state index in [2.05, 4.69) is 32.9 Å². The van der Waals surface area contributed by atoms with Crippen LogP contribution < -0.4 is 9.47 Å². The van der Waals surface area contributed by atoms with Crippen molar-refractivity contribution >= 4 is 5.78 Å². The molecule has 3 atom stereocenters. The Morgan fingerprint density at radius 2 is 2.03 bits per heavy atom. The predicted molar refractivity (Wildman–Crippen MR) is 118 cm³/mol. The third-order valence-corrected chi connectivity index (χ3v) is 6.64. The molecule has 1 N–H and O–H groups in total. The molecular formula is C26H30O4. The van der Waals surface area contributed by atoms with Gasteiger partial charge in [0.15, 0.2) is 5.78 Å². The largest absolute Gasteiger partial charge is 0.507 e. The molecule has 0 bridgehead atoms. The molecule has 2 aromatic rings. The molecule has 0 fully saturated rings. The fraction of sp³-hybridized carbons (Fsp3) is 0.423. The van der Waals surface area contributed by atoms with Crippen LogP contribution in [0.25, 0.3) is 0 Å². The summed E-state index contributed by atoms with van der Waals surface area (Å²) in [6.45, 7) is 6.50. The molecule has 4 nitrogen and oxygen atoms in total. The fourth-order valence-electron chi connectivity index (χ4n) is 4.78. The Kier molecular flexibility index (Phi) is 5.35. The molecule has 1 aliphatic heterocycles. The van der Waals surface area contributed by atoms with Crippen LogP contribution in [0.4, 0.5) is 0 Å². The summed E-state index contributed by atoms with van der Waals surface area (Å²) in [6, 6.07) is 11.5. The summed E-state index contributed by atoms with van der Waals surface area (Å²) < 4.78 is 12.0. The van der Waals surface area contributed by atoms with Gasteiger partial charge in [0.1, 0.15) is 28.4 Å². The van der Waals surface area contributed by atoms with E-state index in [1.807, 2.05) is 30.3 Å². The third-order valence-electron chi connectivity index (χ3n) is 6.64. The van der Waals surface area contributed by atoms with Crippen LogP contribution in [-0.4, -0.2) is 23.6 Å². The Morgan fingerprint density at radius 3 is 2.70 bits per heavy atom. The van der Waals surface area contributed by atoms with E-state index in [9.17, 15) is 9.90 Å². The number of aryl methyl sites for hydroxylation is 1. The van der Waals surface area contributed by atoms with E-state index in [4.69, 9.17) is 9.47 Å². The van der Waals surface area contributed by atoms with E-state index in [1.54, 1.807) is 13.2 Å². The number of methoxy groups -OCH3 is 1. The Labute approximate surface area is 178 Å². The number of fused-ring (bicyclic) bond motifs is 3. The van der Waals surface area contributed by atoms with Crippen molar-refractivity contribution in [2.24, 2.45) is 11.8 Å². The third kappa shape index (κ3) is 3.49. The Bertz CT molecular complexity index is 976. The molecule has 0 radical (unpaired) electrons. The van der Waals surface area contributed by atoms with Crippen LogP contribution in [0.15, 0.2) is 48.6 Å². The fourth-order valence-corrected chi connectivity index (χ4v) is 4.78. The van der Waals surface area contributed by atoms with Crippen LogP contribution in [0, 0.1) is 11.8 Å². The van der Waals surface area contributed by atoms with Gasteiger partial charge in [0.25, 0.3) is 0 Å². The first-order valence-corrected chi connectivity index (χ1v) is 10.7. The molecule has 4 heteroatoms. The predicted octanol–water partition coefficient (Wildman–Crippen LogP) is 5.68. The first kappa shape index (κ1) is 20.5. The van der Waals surface area contributed by atoms with Crippen LogP contribution in [-0.2, 0) is 6.42 Å². The second-order valence-corrected chi connectivity index (χ2v) is 8.97. The Balaban J connectivity index is 1.72. The van der Waals surface area contributed by atoms with Gasteiger partial charge in [-0.25, -0.2) is 0 Å². The zero-order valence-corrected chi connectivity index (χ0v) is 18.1. The van der Waals surface area contributed by atoms with Gasteiger partial charge in [-0.2, -0.15) is 0 Å². The summed E-state index contributed by atoms with van der Waals surface area (Å²) in [5.41, 5.74) is 1.76. The zero-order valence-electron chi connectivity index (χ0n) is 18.1. The number of benzene rings is 2. The van der Waals surface area contributed by atoms with E-state index in [-0.39, 0.29) is 23.0 Å². The summed E-state index contributed by atoms with van der Waals surface area (Å²) in [7, 11) is 1.60. The molecular weight excluding hydrogens is 376 g/mol. The Hall–Kier alpha value is -2.75. The van der Waals surface area contributed by atoms with Crippen molar-refractivity contribution in [2.45, 2.75) is 51.6 Å². The van der Waals surface area contributed by atoms with Crippen LogP contribution in [0.3, 0.4) is 0 Å². The molecule has 0 unspecified atom stereocenters. The SMILES string of the molecule is COc1cc(O)c(C(=O)CCc2ccccc2)c2c1[C@@H]1C[C@@H](C(C)C)C=C[C@@]1(C)O2. The quantitative estimate of drug-likeness (QED) is 0.495. The minimum Gasteiger partial charge on any atom is -0.507 e. The van der Waals surface area contributed by atoms with Gasteiger partial charge in [0, 0.05) is 24.0 Å². The van der Waals surface area contributed by atoms with E-state index >= 15 is 0 Å². The molecule has 0 saturated carbocycles. The second-order valence-electron chi connectivity index (χ2n) is 8.97. The molecule has 0 spiro atoms. The topological polar surface area (TPSA) is 55.8 Å². The van der Waals surface area contributed by atoms with Crippen LogP contribution >= 0.6 is 0 Å². The standard InChI is InChI=1S/C26H30O4/c1-16(2)18-12-13-26(3)19(14-18)23-22(29-4)15-21(28)24(25(23)30-26)20(27)11-10-17-8-6-5-7-9-17/h5-9,12-13,15-16,18-19,28H,10-11,14H2,1-4H3/t18-,19-,26+/m0/s1. The molecule has 1 heterocycles. The highest BCUT2D eigenvalue weighted by Crippen LogP contribution is 2.57. The van der Waals surface area contributed by atoms with Crippen molar-refractivity contribution in [2.75, 3.05) is 7.11 Å². The number of phenolic OH excluding ortho intramolecular Hbond substituents is 1. The number of allylic oxidation sites excluding steroid dienone is 1. The number of phenols is 1. The van der Waals surface area contributed by atoms with E-state index in [0.717, 1.165) is 17.5 Å². The highest BCUT2D eigenvalue weighted by Gasteiger charge is 2.50. The van der Waals surface area contributed by atoms with Gasteiger partial charge in [0.2, 0.25) is 0 Å². The number of Topliss-reactive ketones (excluding diaryl/α,β-unsaturated/α-hetero) is 1. The maximum atomic E-state index is 13.2. The lowest BCUT2D eigenvalue weighted by atomic mass is 9.71. The monoisotopic (exact) mass is 406 g/mol. The minimum atomic E-state index is -0.538. The number of hydrogen-bond acceptors (Lipinski definition) is 4. The van der Waals surface area contributed by atoms with Crippen molar-refractivity contribution < 1.29 is 19.4 Å². The first-order valence-electron chi connectivity index (χ1n) is 10.7. The summed E-state index contributed by atoms with van der Waals surface area (Å²) >= 11 is 0. The van der Waals surface area contributed by atoms with Crippen LogP contribution in [0.5, 0.6) is 17.2 Å². The number of aromatic hydroxyl groups is 1. The van der Waals surface area contributed by atoms with E-state index in [1.165, 1.54) is 0 Å². The molecule has 30 heavy (non-hydrogen) atoms. The molecule has 0 amide bonds. The number of rotatable bonds is 6. The summed E-state index contributed by atoms with van der Waals surface area (Å²) in [4.78, 5) is 13.2. The van der Waals surface area contributed by atoms with E-state index in [0.29, 0.717) is 36.2 Å². The van der Waals surface area contributed by atoms with Crippen molar-refractivity contribution in [1.29, 1.82) is 0 Å². The molecule has 4 rings (SSSR count). The molecule has 2 aliphatic rings.